The summed E-state index contributed by atoms with van der Waals surface area (Å²) in [5.41, 5.74) is 9.70. The molecule has 0 fully saturated rings. The molecule has 2 aromatic carbocycles. The average Bonchev–Trinajstić information content (AvgIpc) is 2.88. The predicted molar refractivity (Wildman–Crippen MR) is 97.7 cm³/mol. The number of thioether (sulfide) groups is 1. The van der Waals surface area contributed by atoms with Gasteiger partial charge in [-0.2, -0.15) is 0 Å². The van der Waals surface area contributed by atoms with Gasteiger partial charge in [-0.15, -0.1) is 0 Å². The summed E-state index contributed by atoms with van der Waals surface area (Å²) >= 11 is 9.10. The summed E-state index contributed by atoms with van der Waals surface area (Å²) in [7, 11) is 0. The molecule has 0 unspecified atom stereocenters. The molecule has 3 aromatic rings. The van der Waals surface area contributed by atoms with Crippen molar-refractivity contribution in [2.24, 2.45) is 0 Å². The number of anilines is 1. The van der Waals surface area contributed by atoms with E-state index in [0.29, 0.717) is 0 Å². The van der Waals surface area contributed by atoms with E-state index in [-0.39, 0.29) is 0 Å². The van der Waals surface area contributed by atoms with Crippen molar-refractivity contribution < 1.29 is 0 Å². The van der Waals surface area contributed by atoms with Crippen molar-refractivity contribution in [2.45, 2.75) is 17.7 Å². The average molecular weight is 347 g/mol. The Morgan fingerprint density at radius 1 is 1.09 bits per heavy atom. The van der Waals surface area contributed by atoms with Gasteiger partial charge in [0.15, 0.2) is 0 Å². The van der Waals surface area contributed by atoms with Crippen molar-refractivity contribution in [1.29, 1.82) is 0 Å². The number of hydrogen-bond acceptors (Lipinski definition) is 4. The smallest absolute Gasteiger partial charge is 0.131 e. The third kappa shape index (κ3) is 3.64. The molecule has 0 amide bonds. The lowest BCUT2D eigenvalue weighted by molar-refractivity contribution is 1.20. The highest BCUT2D eigenvalue weighted by atomic mass is 35.5. The SMILES string of the molecule is Cc1ccc(CSc2nc(-c3ccc(Cl)cc3)sc2N)cc1. The van der Waals surface area contributed by atoms with Gasteiger partial charge in [-0.3, -0.25) is 0 Å². The lowest BCUT2D eigenvalue weighted by Gasteiger charge is -2.01. The molecule has 5 heteroatoms. The lowest BCUT2D eigenvalue weighted by Crippen LogP contribution is -1.85. The van der Waals surface area contributed by atoms with Crippen LogP contribution < -0.4 is 5.73 Å². The van der Waals surface area contributed by atoms with Crippen molar-refractivity contribution in [3.63, 3.8) is 0 Å². The Hall–Kier alpha value is -1.49. The third-order valence-electron chi connectivity index (χ3n) is 3.21. The standard InChI is InChI=1S/C17H15ClN2S2/c1-11-2-4-12(5-3-11)10-21-17-15(19)22-16(20-17)13-6-8-14(18)9-7-13/h2-9H,10,19H2,1H3. The number of nitrogens with zero attached hydrogens (tertiary/aromatic N) is 1. The lowest BCUT2D eigenvalue weighted by atomic mass is 10.2. The Kier molecular flexibility index (Phi) is 4.71. The van der Waals surface area contributed by atoms with Gasteiger partial charge in [0.2, 0.25) is 0 Å². The maximum atomic E-state index is 6.11. The first-order chi connectivity index (χ1) is 10.6. The van der Waals surface area contributed by atoms with Gasteiger partial charge in [0.25, 0.3) is 0 Å². The summed E-state index contributed by atoms with van der Waals surface area (Å²) in [6, 6.07) is 16.2. The van der Waals surface area contributed by atoms with Crippen molar-refractivity contribution in [3.05, 3.63) is 64.7 Å². The fourth-order valence-corrected chi connectivity index (χ4v) is 3.98. The Morgan fingerprint density at radius 2 is 1.77 bits per heavy atom. The van der Waals surface area contributed by atoms with Crippen LogP contribution in [0.25, 0.3) is 10.6 Å². The molecule has 0 atom stereocenters. The molecular formula is C17H15ClN2S2. The Bertz CT molecular complexity index is 764. The molecule has 112 valence electrons. The molecule has 0 aliphatic rings. The molecule has 3 rings (SSSR count). The first-order valence-corrected chi connectivity index (χ1v) is 9.00. The third-order valence-corrected chi connectivity index (χ3v) is 5.58. The summed E-state index contributed by atoms with van der Waals surface area (Å²) in [6.07, 6.45) is 0. The number of hydrogen-bond donors (Lipinski definition) is 1. The van der Waals surface area contributed by atoms with Gasteiger partial charge in [0.05, 0.1) is 0 Å². The molecule has 0 saturated heterocycles. The van der Waals surface area contributed by atoms with E-state index < -0.39 is 0 Å². The van der Waals surface area contributed by atoms with Crippen LogP contribution in [-0.2, 0) is 5.75 Å². The van der Waals surface area contributed by atoms with Crippen molar-refractivity contribution >= 4 is 39.7 Å². The number of halogens is 1. The molecule has 1 aromatic heterocycles. The maximum Gasteiger partial charge on any atom is 0.131 e. The largest absolute Gasteiger partial charge is 0.388 e. The van der Waals surface area contributed by atoms with Crippen LogP contribution in [0, 0.1) is 6.92 Å². The Morgan fingerprint density at radius 3 is 2.45 bits per heavy atom. The molecule has 0 radical (unpaired) electrons. The topological polar surface area (TPSA) is 38.9 Å². The second-order valence-electron chi connectivity index (χ2n) is 4.97. The number of thiazole rings is 1. The summed E-state index contributed by atoms with van der Waals surface area (Å²) in [5, 5.41) is 3.32. The molecule has 0 aliphatic heterocycles. The predicted octanol–water partition coefficient (Wildman–Crippen LogP) is 5.65. The molecule has 0 aliphatic carbocycles. The van der Waals surface area contributed by atoms with E-state index in [4.69, 9.17) is 17.3 Å². The fourth-order valence-electron chi connectivity index (χ4n) is 1.97. The zero-order valence-electron chi connectivity index (χ0n) is 12.0. The zero-order valence-corrected chi connectivity index (χ0v) is 14.4. The monoisotopic (exact) mass is 346 g/mol. The van der Waals surface area contributed by atoms with Crippen LogP contribution in [0.2, 0.25) is 5.02 Å². The van der Waals surface area contributed by atoms with Crippen LogP contribution in [0.4, 0.5) is 5.00 Å². The van der Waals surface area contributed by atoms with Gasteiger partial charge < -0.3 is 5.73 Å². The minimum Gasteiger partial charge on any atom is -0.388 e. The van der Waals surface area contributed by atoms with Crippen LogP contribution in [0.15, 0.2) is 53.6 Å². The van der Waals surface area contributed by atoms with Crippen molar-refractivity contribution in [2.75, 3.05) is 5.73 Å². The van der Waals surface area contributed by atoms with Crippen LogP contribution in [0.3, 0.4) is 0 Å². The van der Waals surface area contributed by atoms with E-state index in [1.54, 1.807) is 11.8 Å². The van der Waals surface area contributed by atoms with Crippen molar-refractivity contribution in [1.82, 2.24) is 4.98 Å². The molecular weight excluding hydrogens is 332 g/mol. The van der Waals surface area contributed by atoms with Crippen LogP contribution in [-0.4, -0.2) is 4.98 Å². The van der Waals surface area contributed by atoms with Crippen LogP contribution >= 0.6 is 34.7 Å². The van der Waals surface area contributed by atoms with Gasteiger partial charge >= 0.3 is 0 Å². The fraction of sp³-hybridized carbons (Fsp3) is 0.118. The number of benzene rings is 2. The first kappa shape index (κ1) is 15.4. The zero-order chi connectivity index (χ0) is 15.5. The summed E-state index contributed by atoms with van der Waals surface area (Å²) in [6.45, 7) is 2.09. The highest BCUT2D eigenvalue weighted by Crippen LogP contribution is 2.36. The summed E-state index contributed by atoms with van der Waals surface area (Å²) < 4.78 is 0. The molecule has 2 nitrogen and oxygen atoms in total. The molecule has 0 spiro atoms. The maximum absolute atomic E-state index is 6.11. The van der Waals surface area contributed by atoms with E-state index >= 15 is 0 Å². The van der Waals surface area contributed by atoms with Crippen molar-refractivity contribution in [3.8, 4) is 10.6 Å². The van der Waals surface area contributed by atoms with E-state index in [0.717, 1.165) is 31.4 Å². The molecule has 2 N–H and O–H groups in total. The first-order valence-electron chi connectivity index (χ1n) is 6.82. The highest BCUT2D eigenvalue weighted by Gasteiger charge is 2.11. The highest BCUT2D eigenvalue weighted by molar-refractivity contribution is 7.98. The molecule has 0 bridgehead atoms. The van der Waals surface area contributed by atoms with Crippen LogP contribution in [0.1, 0.15) is 11.1 Å². The van der Waals surface area contributed by atoms with Gasteiger partial charge in [-0.25, -0.2) is 4.98 Å². The van der Waals surface area contributed by atoms with E-state index in [1.165, 1.54) is 22.5 Å². The number of aryl methyl sites for hydroxylation is 1. The van der Waals surface area contributed by atoms with Gasteiger partial charge in [-0.1, -0.05) is 76.7 Å². The molecule has 22 heavy (non-hydrogen) atoms. The second-order valence-corrected chi connectivity index (χ2v) is 7.40. The quantitative estimate of drug-likeness (QED) is 0.621. The molecule has 0 saturated carbocycles. The normalized spacial score (nSPS) is 10.8. The number of rotatable bonds is 4. The van der Waals surface area contributed by atoms with Gasteiger partial charge in [0, 0.05) is 16.3 Å². The van der Waals surface area contributed by atoms with E-state index in [9.17, 15) is 0 Å². The number of nitrogen functional groups attached to an aromatic ring is 1. The van der Waals surface area contributed by atoms with E-state index in [1.807, 2.05) is 24.3 Å². The minimum absolute atomic E-state index is 0.724. The molecule has 1 heterocycles. The Balaban J connectivity index is 1.75. The number of aromatic nitrogens is 1. The Labute approximate surface area is 143 Å². The van der Waals surface area contributed by atoms with Gasteiger partial charge in [-0.05, 0) is 24.6 Å². The second kappa shape index (κ2) is 6.73. The summed E-state index contributed by atoms with van der Waals surface area (Å²) in [4.78, 5) is 4.66. The summed E-state index contributed by atoms with van der Waals surface area (Å²) in [5.74, 6) is 0.869. The number of nitrogens with two attached hydrogens (primary N) is 1. The van der Waals surface area contributed by atoms with Gasteiger partial charge in [0.1, 0.15) is 15.0 Å². The van der Waals surface area contributed by atoms with Crippen LogP contribution in [0.5, 0.6) is 0 Å². The van der Waals surface area contributed by atoms with E-state index in [2.05, 4.69) is 36.2 Å². The minimum atomic E-state index is 0.724.